The summed E-state index contributed by atoms with van der Waals surface area (Å²) in [6, 6.07) is 20.7. The van der Waals surface area contributed by atoms with Crippen molar-refractivity contribution in [1.82, 2.24) is 10.2 Å². The van der Waals surface area contributed by atoms with E-state index in [0.29, 0.717) is 12.1 Å². The number of fused-ring (bicyclic) bond motifs is 3. The normalized spacial score (nSPS) is 27.1. The Morgan fingerprint density at radius 1 is 1.00 bits per heavy atom. The van der Waals surface area contributed by atoms with Gasteiger partial charge in [0.1, 0.15) is 0 Å². The molecule has 2 bridgehead atoms. The fourth-order valence-electron chi connectivity index (χ4n) is 4.23. The minimum atomic E-state index is 0.381. The smallest absolute Gasteiger partial charge is 0.0363 e. The van der Waals surface area contributed by atoms with Crippen molar-refractivity contribution in [3.05, 3.63) is 70.2 Å². The van der Waals surface area contributed by atoms with E-state index >= 15 is 0 Å². The summed E-state index contributed by atoms with van der Waals surface area (Å²) in [6.45, 7) is 3.81. The second kappa shape index (κ2) is 7.38. The average Bonchev–Trinajstić information content (AvgIpc) is 2.64. The van der Waals surface area contributed by atoms with Crippen LogP contribution in [-0.2, 0) is 6.42 Å². The number of rotatable bonds is 5. The van der Waals surface area contributed by atoms with Gasteiger partial charge in [0.05, 0.1) is 0 Å². The number of halogens is 1. The molecule has 0 radical (unpaired) electrons. The van der Waals surface area contributed by atoms with Gasteiger partial charge in [0, 0.05) is 23.1 Å². The monoisotopic (exact) mass is 384 g/mol. The zero-order valence-electron chi connectivity index (χ0n) is 14.0. The third-order valence-electron chi connectivity index (χ3n) is 5.63. The van der Waals surface area contributed by atoms with Gasteiger partial charge in [0.25, 0.3) is 0 Å². The SMILES string of the molecule is Brc1ccc([C@@H](Cc2ccccc2)N[C@H]2CN3CCC2CC3)cc1. The molecule has 0 spiro atoms. The molecule has 0 saturated carbocycles. The molecular formula is C21H25BrN2. The molecule has 0 unspecified atom stereocenters. The molecule has 5 rings (SSSR count). The van der Waals surface area contributed by atoms with Gasteiger partial charge in [0.15, 0.2) is 0 Å². The molecule has 2 atom stereocenters. The Balaban J connectivity index is 1.54. The number of benzene rings is 2. The van der Waals surface area contributed by atoms with Crippen molar-refractivity contribution in [2.75, 3.05) is 19.6 Å². The second-order valence-electron chi connectivity index (χ2n) is 7.21. The predicted molar refractivity (Wildman–Crippen MR) is 103 cm³/mol. The van der Waals surface area contributed by atoms with Gasteiger partial charge in [-0.1, -0.05) is 58.4 Å². The average molecular weight is 385 g/mol. The molecule has 3 heteroatoms. The number of hydrogen-bond acceptors (Lipinski definition) is 2. The van der Waals surface area contributed by atoms with Crippen LogP contribution in [0.15, 0.2) is 59.1 Å². The molecule has 0 aliphatic carbocycles. The van der Waals surface area contributed by atoms with Gasteiger partial charge in [-0.15, -0.1) is 0 Å². The van der Waals surface area contributed by atoms with Crippen molar-refractivity contribution in [1.29, 1.82) is 0 Å². The van der Waals surface area contributed by atoms with Gasteiger partial charge >= 0.3 is 0 Å². The summed E-state index contributed by atoms with van der Waals surface area (Å²) in [7, 11) is 0. The Morgan fingerprint density at radius 3 is 2.33 bits per heavy atom. The van der Waals surface area contributed by atoms with Crippen LogP contribution in [-0.4, -0.2) is 30.6 Å². The van der Waals surface area contributed by atoms with E-state index in [1.807, 2.05) is 0 Å². The van der Waals surface area contributed by atoms with Gasteiger partial charge in [-0.3, -0.25) is 0 Å². The summed E-state index contributed by atoms with van der Waals surface area (Å²) in [6.07, 6.45) is 3.76. The van der Waals surface area contributed by atoms with E-state index in [-0.39, 0.29) is 0 Å². The van der Waals surface area contributed by atoms with Crippen molar-refractivity contribution in [3.8, 4) is 0 Å². The molecule has 24 heavy (non-hydrogen) atoms. The molecular weight excluding hydrogens is 360 g/mol. The van der Waals surface area contributed by atoms with Crippen LogP contribution in [0.25, 0.3) is 0 Å². The lowest BCUT2D eigenvalue weighted by atomic mass is 9.83. The molecule has 3 saturated heterocycles. The molecule has 126 valence electrons. The van der Waals surface area contributed by atoms with Crippen molar-refractivity contribution in [2.24, 2.45) is 5.92 Å². The first-order chi connectivity index (χ1) is 11.8. The molecule has 0 aromatic heterocycles. The van der Waals surface area contributed by atoms with Crippen molar-refractivity contribution < 1.29 is 0 Å². The maximum Gasteiger partial charge on any atom is 0.0363 e. The van der Waals surface area contributed by atoms with Crippen molar-refractivity contribution >= 4 is 15.9 Å². The van der Waals surface area contributed by atoms with Gasteiger partial charge in [0.2, 0.25) is 0 Å². The fourth-order valence-corrected chi connectivity index (χ4v) is 4.49. The van der Waals surface area contributed by atoms with E-state index in [0.717, 1.165) is 16.8 Å². The molecule has 1 N–H and O–H groups in total. The third kappa shape index (κ3) is 3.74. The summed E-state index contributed by atoms with van der Waals surface area (Å²) in [5.74, 6) is 0.851. The number of hydrogen-bond donors (Lipinski definition) is 1. The van der Waals surface area contributed by atoms with E-state index in [2.05, 4.69) is 80.7 Å². The van der Waals surface area contributed by atoms with Crippen LogP contribution in [0, 0.1) is 5.92 Å². The summed E-state index contributed by atoms with van der Waals surface area (Å²) in [4.78, 5) is 2.62. The molecule has 2 nitrogen and oxygen atoms in total. The van der Waals surface area contributed by atoms with E-state index in [4.69, 9.17) is 0 Å². The second-order valence-corrected chi connectivity index (χ2v) is 8.12. The topological polar surface area (TPSA) is 15.3 Å². The highest BCUT2D eigenvalue weighted by atomic mass is 79.9. The van der Waals surface area contributed by atoms with E-state index < -0.39 is 0 Å². The van der Waals surface area contributed by atoms with Crippen molar-refractivity contribution in [2.45, 2.75) is 31.3 Å². The van der Waals surface area contributed by atoms with Crippen LogP contribution >= 0.6 is 15.9 Å². The Hall–Kier alpha value is -1.16. The van der Waals surface area contributed by atoms with Gasteiger partial charge in [-0.25, -0.2) is 0 Å². The lowest BCUT2D eigenvalue weighted by Crippen LogP contribution is -2.56. The number of nitrogens with one attached hydrogen (secondary N) is 1. The molecule has 3 aliphatic rings. The first-order valence-electron chi connectivity index (χ1n) is 9.06. The van der Waals surface area contributed by atoms with Gasteiger partial charge < -0.3 is 10.2 Å². The summed E-state index contributed by atoms with van der Waals surface area (Å²) in [5.41, 5.74) is 2.79. The minimum Gasteiger partial charge on any atom is -0.305 e. The first kappa shape index (κ1) is 16.3. The van der Waals surface area contributed by atoms with Gasteiger partial charge in [-0.2, -0.15) is 0 Å². The van der Waals surface area contributed by atoms with Crippen molar-refractivity contribution in [3.63, 3.8) is 0 Å². The third-order valence-corrected chi connectivity index (χ3v) is 6.16. The van der Waals surface area contributed by atoms with E-state index in [9.17, 15) is 0 Å². The Labute approximate surface area is 153 Å². The number of piperidine rings is 3. The molecule has 3 fully saturated rings. The first-order valence-corrected chi connectivity index (χ1v) is 9.85. The highest BCUT2D eigenvalue weighted by Gasteiger charge is 2.35. The Kier molecular flexibility index (Phi) is 5.02. The number of nitrogens with zero attached hydrogens (tertiary/aromatic N) is 1. The van der Waals surface area contributed by atoms with Crippen LogP contribution in [0.5, 0.6) is 0 Å². The lowest BCUT2D eigenvalue weighted by molar-refractivity contribution is 0.0669. The molecule has 3 heterocycles. The minimum absolute atomic E-state index is 0.381. The Morgan fingerprint density at radius 2 is 1.71 bits per heavy atom. The molecule has 0 amide bonds. The van der Waals surface area contributed by atoms with Crippen LogP contribution < -0.4 is 5.32 Å². The zero-order chi connectivity index (χ0) is 16.4. The lowest BCUT2D eigenvalue weighted by Gasteiger charge is -2.46. The largest absolute Gasteiger partial charge is 0.305 e. The van der Waals surface area contributed by atoms with Crippen LogP contribution in [0.1, 0.15) is 30.0 Å². The van der Waals surface area contributed by atoms with Gasteiger partial charge in [-0.05, 0) is 61.5 Å². The van der Waals surface area contributed by atoms with Crippen LogP contribution in [0.4, 0.5) is 0 Å². The summed E-state index contributed by atoms with van der Waals surface area (Å²) >= 11 is 3.56. The maximum atomic E-state index is 4.01. The molecule has 3 aliphatic heterocycles. The highest BCUT2D eigenvalue weighted by molar-refractivity contribution is 9.10. The van der Waals surface area contributed by atoms with Crippen LogP contribution in [0.3, 0.4) is 0 Å². The molecule has 2 aromatic carbocycles. The van der Waals surface area contributed by atoms with Crippen LogP contribution in [0.2, 0.25) is 0 Å². The van der Waals surface area contributed by atoms with E-state index in [1.165, 1.54) is 43.6 Å². The summed E-state index contributed by atoms with van der Waals surface area (Å²) in [5, 5.41) is 4.01. The van der Waals surface area contributed by atoms with E-state index in [1.54, 1.807) is 0 Å². The standard InChI is InChI=1S/C21H25BrN2/c22-19-8-6-17(7-9-19)20(14-16-4-2-1-3-5-16)23-21-15-24-12-10-18(21)11-13-24/h1-9,18,20-21,23H,10-15H2/t20-,21+/m1/s1. The Bertz CT molecular complexity index is 647. The fraction of sp³-hybridized carbons (Fsp3) is 0.429. The quantitative estimate of drug-likeness (QED) is 0.820. The maximum absolute atomic E-state index is 4.01. The summed E-state index contributed by atoms with van der Waals surface area (Å²) < 4.78 is 1.15. The zero-order valence-corrected chi connectivity index (χ0v) is 15.6. The predicted octanol–water partition coefficient (Wildman–Crippen LogP) is 4.42. The molecule has 2 aromatic rings. The highest BCUT2D eigenvalue weighted by Crippen LogP contribution is 2.30.